The summed E-state index contributed by atoms with van der Waals surface area (Å²) in [5.74, 6) is -0.366. The Morgan fingerprint density at radius 1 is 1.06 bits per heavy atom. The highest BCUT2D eigenvalue weighted by Crippen LogP contribution is 2.20. The van der Waals surface area contributed by atoms with Crippen LogP contribution in [0.3, 0.4) is 0 Å². The molecule has 2 aromatic carbocycles. The van der Waals surface area contributed by atoms with E-state index >= 15 is 0 Å². The Labute approximate surface area is 185 Å². The number of amides is 1. The normalized spacial score (nSPS) is 12.7. The van der Waals surface area contributed by atoms with Crippen LogP contribution in [-0.2, 0) is 27.8 Å². The summed E-state index contributed by atoms with van der Waals surface area (Å²) in [5.41, 5.74) is 2.78. The molecule has 0 aliphatic heterocycles. The van der Waals surface area contributed by atoms with Crippen LogP contribution in [0.1, 0.15) is 16.0 Å². The van der Waals surface area contributed by atoms with Crippen LogP contribution in [0.25, 0.3) is 10.9 Å². The van der Waals surface area contributed by atoms with Crippen LogP contribution < -0.4 is 10.0 Å². The van der Waals surface area contributed by atoms with Crippen molar-refractivity contribution in [3.05, 3.63) is 88.2 Å². The molecule has 0 aliphatic rings. The van der Waals surface area contributed by atoms with Gasteiger partial charge in [-0.05, 0) is 48.6 Å². The van der Waals surface area contributed by atoms with Gasteiger partial charge in [0.05, 0.1) is 11.4 Å². The minimum Gasteiger partial charge on any atom is -0.361 e. The molecule has 2 aromatic heterocycles. The maximum absolute atomic E-state index is 13.0. The van der Waals surface area contributed by atoms with Gasteiger partial charge in [-0.3, -0.25) is 4.79 Å². The van der Waals surface area contributed by atoms with Crippen LogP contribution in [-0.4, -0.2) is 25.4 Å². The lowest BCUT2D eigenvalue weighted by Gasteiger charge is -2.18. The topological polar surface area (TPSA) is 91.1 Å². The number of aryl methyl sites for hydroxylation is 1. The number of carbonyl (C=O) groups excluding carboxylic acids is 1. The molecule has 0 spiro atoms. The van der Waals surface area contributed by atoms with Crippen molar-refractivity contribution in [2.24, 2.45) is 0 Å². The zero-order valence-corrected chi connectivity index (χ0v) is 18.6. The number of aromatic amines is 1. The molecule has 4 rings (SSSR count). The van der Waals surface area contributed by atoms with Gasteiger partial charge in [-0.2, -0.15) is 4.72 Å². The standard InChI is InChI=1S/C23H23N3O3S2/c1-16-8-10-19(11-9-16)31(28,29)26-22(23(27)25-15-18-5-4-12-30-18)13-17-14-24-21-7-3-2-6-20(17)21/h2-12,14,22,24,26H,13,15H2,1H3,(H,25,27)/t22-/m0/s1. The second-order valence-corrected chi connectivity index (χ2v) is 10.1. The van der Waals surface area contributed by atoms with Crippen LogP contribution in [0.5, 0.6) is 0 Å². The summed E-state index contributed by atoms with van der Waals surface area (Å²) in [6.45, 7) is 2.24. The highest BCUT2D eigenvalue weighted by molar-refractivity contribution is 7.89. The van der Waals surface area contributed by atoms with Crippen LogP contribution in [0.15, 0.2) is 77.1 Å². The third-order valence-electron chi connectivity index (χ3n) is 5.06. The Kier molecular flexibility index (Phi) is 6.22. The molecule has 31 heavy (non-hydrogen) atoms. The van der Waals surface area contributed by atoms with Crippen molar-refractivity contribution in [1.82, 2.24) is 15.0 Å². The first-order valence-corrected chi connectivity index (χ1v) is 12.2. The van der Waals surface area contributed by atoms with E-state index in [1.54, 1.807) is 24.3 Å². The van der Waals surface area contributed by atoms with Gasteiger partial charge in [0.2, 0.25) is 15.9 Å². The third kappa shape index (κ3) is 5.04. The smallest absolute Gasteiger partial charge is 0.241 e. The van der Waals surface area contributed by atoms with E-state index in [1.165, 1.54) is 11.3 Å². The molecule has 8 heteroatoms. The first kappa shape index (κ1) is 21.3. The lowest BCUT2D eigenvalue weighted by molar-refractivity contribution is -0.122. The van der Waals surface area contributed by atoms with E-state index < -0.39 is 16.1 Å². The summed E-state index contributed by atoms with van der Waals surface area (Å²) in [6.07, 6.45) is 2.05. The molecule has 0 unspecified atom stereocenters. The second kappa shape index (κ2) is 9.05. The Bertz CT molecular complexity index is 1280. The van der Waals surface area contributed by atoms with Crippen LogP contribution in [0.4, 0.5) is 0 Å². The Morgan fingerprint density at radius 3 is 2.58 bits per heavy atom. The number of carbonyl (C=O) groups is 1. The fourth-order valence-corrected chi connectivity index (χ4v) is 5.23. The molecular weight excluding hydrogens is 430 g/mol. The molecule has 6 nitrogen and oxygen atoms in total. The van der Waals surface area contributed by atoms with E-state index in [0.717, 1.165) is 26.9 Å². The highest BCUT2D eigenvalue weighted by Gasteiger charge is 2.27. The Hall–Kier alpha value is -2.94. The lowest BCUT2D eigenvalue weighted by Crippen LogP contribution is -2.47. The number of sulfonamides is 1. The van der Waals surface area contributed by atoms with Crippen molar-refractivity contribution in [3.8, 4) is 0 Å². The van der Waals surface area contributed by atoms with Gasteiger partial charge in [0, 0.05) is 22.0 Å². The molecule has 1 amide bonds. The summed E-state index contributed by atoms with van der Waals surface area (Å²) in [6, 6.07) is 17.2. The number of H-pyrrole nitrogens is 1. The van der Waals surface area contributed by atoms with Crippen molar-refractivity contribution in [3.63, 3.8) is 0 Å². The minimum atomic E-state index is -3.87. The molecule has 0 saturated carbocycles. The van der Waals surface area contributed by atoms with Crippen molar-refractivity contribution >= 4 is 38.2 Å². The largest absolute Gasteiger partial charge is 0.361 e. The molecule has 3 N–H and O–H groups in total. The first-order chi connectivity index (χ1) is 14.9. The van der Waals surface area contributed by atoms with Crippen molar-refractivity contribution in [1.29, 1.82) is 0 Å². The Morgan fingerprint density at radius 2 is 1.84 bits per heavy atom. The number of rotatable bonds is 8. The molecule has 0 bridgehead atoms. The number of benzene rings is 2. The van der Waals surface area contributed by atoms with Gasteiger partial charge < -0.3 is 10.3 Å². The third-order valence-corrected chi connectivity index (χ3v) is 7.43. The van der Waals surface area contributed by atoms with Gasteiger partial charge >= 0.3 is 0 Å². The van der Waals surface area contributed by atoms with E-state index in [2.05, 4.69) is 15.0 Å². The predicted molar refractivity (Wildman–Crippen MR) is 123 cm³/mol. The second-order valence-electron chi connectivity index (χ2n) is 7.35. The van der Waals surface area contributed by atoms with E-state index in [9.17, 15) is 13.2 Å². The SMILES string of the molecule is Cc1ccc(S(=O)(=O)N[C@@H](Cc2c[nH]c3ccccc23)C(=O)NCc2cccs2)cc1. The van der Waals surface area contributed by atoms with Gasteiger partial charge in [-0.25, -0.2) is 8.42 Å². The average molecular weight is 454 g/mol. The molecule has 1 atom stereocenters. The summed E-state index contributed by atoms with van der Waals surface area (Å²) in [5, 5.41) is 5.76. The number of fused-ring (bicyclic) bond motifs is 1. The molecule has 0 radical (unpaired) electrons. The van der Waals surface area contributed by atoms with E-state index in [4.69, 9.17) is 0 Å². The maximum Gasteiger partial charge on any atom is 0.241 e. The van der Waals surface area contributed by atoms with Gasteiger partial charge in [0.25, 0.3) is 0 Å². The Balaban J connectivity index is 1.59. The number of nitrogens with one attached hydrogen (secondary N) is 3. The summed E-state index contributed by atoms with van der Waals surface area (Å²) in [7, 11) is -3.87. The van der Waals surface area contributed by atoms with Gasteiger partial charge in [0.15, 0.2) is 0 Å². The zero-order valence-electron chi connectivity index (χ0n) is 17.0. The summed E-state index contributed by atoms with van der Waals surface area (Å²) >= 11 is 1.54. The van der Waals surface area contributed by atoms with E-state index in [-0.39, 0.29) is 17.2 Å². The van der Waals surface area contributed by atoms with Crippen molar-refractivity contribution in [2.45, 2.75) is 30.8 Å². The number of hydrogen-bond donors (Lipinski definition) is 3. The quantitative estimate of drug-likeness (QED) is 0.380. The molecular formula is C23H23N3O3S2. The number of aromatic nitrogens is 1. The monoisotopic (exact) mass is 453 g/mol. The van der Waals surface area contributed by atoms with E-state index in [0.29, 0.717) is 6.54 Å². The average Bonchev–Trinajstić information content (AvgIpc) is 3.42. The molecule has 4 aromatic rings. The molecule has 0 saturated heterocycles. The number of thiophene rings is 1. The first-order valence-electron chi connectivity index (χ1n) is 9.86. The van der Waals surface area contributed by atoms with E-state index in [1.807, 2.05) is 54.9 Å². The lowest BCUT2D eigenvalue weighted by atomic mass is 10.1. The summed E-state index contributed by atoms with van der Waals surface area (Å²) < 4.78 is 28.6. The van der Waals surface area contributed by atoms with Crippen LogP contribution in [0.2, 0.25) is 0 Å². The zero-order chi connectivity index (χ0) is 21.8. The summed E-state index contributed by atoms with van der Waals surface area (Å²) in [4.78, 5) is 17.3. The van der Waals surface area contributed by atoms with Gasteiger partial charge in [0.1, 0.15) is 6.04 Å². The molecule has 0 aliphatic carbocycles. The van der Waals surface area contributed by atoms with Gasteiger partial charge in [-0.1, -0.05) is 42.0 Å². The van der Waals surface area contributed by atoms with Crippen LogP contribution >= 0.6 is 11.3 Å². The maximum atomic E-state index is 13.0. The van der Waals surface area contributed by atoms with Crippen molar-refractivity contribution in [2.75, 3.05) is 0 Å². The number of hydrogen-bond acceptors (Lipinski definition) is 4. The van der Waals surface area contributed by atoms with Crippen LogP contribution in [0, 0.1) is 6.92 Å². The highest BCUT2D eigenvalue weighted by atomic mass is 32.2. The molecule has 160 valence electrons. The fourth-order valence-electron chi connectivity index (χ4n) is 3.39. The number of para-hydroxylation sites is 1. The van der Waals surface area contributed by atoms with Crippen molar-refractivity contribution < 1.29 is 13.2 Å². The molecule has 2 heterocycles. The predicted octanol–water partition coefficient (Wildman–Crippen LogP) is 3.74. The minimum absolute atomic E-state index is 0.132. The fraction of sp³-hybridized carbons (Fsp3) is 0.174. The van der Waals surface area contributed by atoms with Gasteiger partial charge in [-0.15, -0.1) is 11.3 Å². The molecule has 0 fully saturated rings.